The molecule has 3 heterocycles. The smallest absolute Gasteiger partial charge is 0.255 e. The molecule has 1 atom stereocenters. The highest BCUT2D eigenvalue weighted by Gasteiger charge is 2.39. The van der Waals surface area contributed by atoms with Gasteiger partial charge in [0.05, 0.1) is 0 Å². The lowest BCUT2D eigenvalue weighted by Crippen LogP contribution is -2.52. The van der Waals surface area contributed by atoms with Gasteiger partial charge in [0, 0.05) is 56.4 Å². The van der Waals surface area contributed by atoms with Crippen LogP contribution in [0.25, 0.3) is 0 Å². The lowest BCUT2D eigenvalue weighted by Gasteiger charge is -2.40. The summed E-state index contributed by atoms with van der Waals surface area (Å²) >= 11 is 0. The van der Waals surface area contributed by atoms with E-state index in [2.05, 4.69) is 35.0 Å². The lowest BCUT2D eigenvalue weighted by molar-refractivity contribution is -0.136. The Labute approximate surface area is 184 Å². The third-order valence-electron chi connectivity index (χ3n) is 6.95. The number of rotatable bonds is 7. The number of nitrogens with one attached hydrogen (secondary N) is 1. The molecule has 2 fully saturated rings. The second kappa shape index (κ2) is 9.39. The minimum Gasteiger partial charge on any atom is -0.369 e. The molecule has 31 heavy (non-hydrogen) atoms. The molecule has 0 aromatic heterocycles. The third-order valence-corrected chi connectivity index (χ3v) is 6.95. The molecule has 1 unspecified atom stereocenters. The van der Waals surface area contributed by atoms with Gasteiger partial charge in [0.25, 0.3) is 5.91 Å². The molecule has 168 valence electrons. The number of fused-ring (bicyclic) bond motifs is 1. The van der Waals surface area contributed by atoms with E-state index in [1.165, 1.54) is 25.7 Å². The fourth-order valence-electron chi connectivity index (χ4n) is 5.28. The van der Waals surface area contributed by atoms with E-state index in [9.17, 15) is 14.4 Å². The maximum atomic E-state index is 12.9. The molecule has 4 rings (SSSR count). The van der Waals surface area contributed by atoms with Crippen LogP contribution in [-0.4, -0.2) is 65.8 Å². The zero-order chi connectivity index (χ0) is 22.0. The predicted octanol–water partition coefficient (Wildman–Crippen LogP) is 2.54. The van der Waals surface area contributed by atoms with E-state index in [0.717, 1.165) is 37.4 Å². The molecular weight excluding hydrogens is 392 g/mol. The Kier molecular flexibility index (Phi) is 6.60. The van der Waals surface area contributed by atoms with E-state index < -0.39 is 6.04 Å². The molecule has 2 saturated heterocycles. The van der Waals surface area contributed by atoms with Crippen LogP contribution in [0.5, 0.6) is 0 Å². The largest absolute Gasteiger partial charge is 0.369 e. The van der Waals surface area contributed by atoms with Crippen LogP contribution in [0.15, 0.2) is 18.2 Å². The number of amides is 3. The van der Waals surface area contributed by atoms with Crippen LogP contribution in [-0.2, 0) is 16.1 Å². The lowest BCUT2D eigenvalue weighted by atomic mass is 10.0. The summed E-state index contributed by atoms with van der Waals surface area (Å²) in [6.45, 7) is 9.10. The fraction of sp³-hybridized carbons (Fsp3) is 0.625. The van der Waals surface area contributed by atoms with Gasteiger partial charge < -0.3 is 9.80 Å². The maximum Gasteiger partial charge on any atom is 0.255 e. The topological polar surface area (TPSA) is 73.0 Å². The third kappa shape index (κ3) is 4.47. The number of nitrogens with zero attached hydrogens (tertiary/aromatic N) is 3. The predicted molar refractivity (Wildman–Crippen MR) is 120 cm³/mol. The first kappa shape index (κ1) is 21.8. The van der Waals surface area contributed by atoms with Gasteiger partial charge in [0.2, 0.25) is 11.8 Å². The SMILES string of the molecule is CCCC(CCC)N1CCN(c2ccc3c(c2)CN(C2CCC(=O)NC2=O)C3=O)CC1. The number of hydrogen-bond donors (Lipinski definition) is 1. The van der Waals surface area contributed by atoms with Crippen molar-refractivity contribution in [3.05, 3.63) is 29.3 Å². The normalized spacial score (nSPS) is 22.3. The summed E-state index contributed by atoms with van der Waals surface area (Å²) in [7, 11) is 0. The molecule has 1 aromatic rings. The second-order valence-corrected chi connectivity index (χ2v) is 9.00. The standard InChI is InChI=1S/C24H34N4O3/c1-3-5-18(6-4-2)26-11-13-27(14-12-26)19-7-8-20-17(15-19)16-28(24(20)31)21-9-10-22(29)25-23(21)30/h7-8,15,18,21H,3-6,9-14,16H2,1-2H3,(H,25,29,30). The van der Waals surface area contributed by atoms with Gasteiger partial charge in [-0.05, 0) is 43.0 Å². The van der Waals surface area contributed by atoms with Gasteiger partial charge in [-0.25, -0.2) is 0 Å². The molecule has 3 amide bonds. The number of benzene rings is 1. The van der Waals surface area contributed by atoms with Crippen molar-refractivity contribution in [1.29, 1.82) is 0 Å². The van der Waals surface area contributed by atoms with Gasteiger partial charge in [-0.15, -0.1) is 0 Å². The number of anilines is 1. The molecule has 1 N–H and O–H groups in total. The summed E-state index contributed by atoms with van der Waals surface area (Å²) in [4.78, 5) is 43.3. The molecule has 0 aliphatic carbocycles. The van der Waals surface area contributed by atoms with Crippen LogP contribution >= 0.6 is 0 Å². The number of carbonyl (C=O) groups excluding carboxylic acids is 3. The first-order chi connectivity index (χ1) is 15.0. The Bertz CT molecular complexity index is 841. The minimum absolute atomic E-state index is 0.108. The van der Waals surface area contributed by atoms with E-state index in [1.54, 1.807) is 4.90 Å². The molecule has 3 aliphatic heterocycles. The van der Waals surface area contributed by atoms with E-state index in [4.69, 9.17) is 0 Å². The van der Waals surface area contributed by atoms with Crippen molar-refractivity contribution in [1.82, 2.24) is 15.1 Å². The van der Waals surface area contributed by atoms with Crippen molar-refractivity contribution in [2.75, 3.05) is 31.1 Å². The number of carbonyl (C=O) groups is 3. The minimum atomic E-state index is -0.557. The molecule has 0 spiro atoms. The van der Waals surface area contributed by atoms with Crippen LogP contribution in [0.4, 0.5) is 5.69 Å². The average molecular weight is 427 g/mol. The van der Waals surface area contributed by atoms with Crippen molar-refractivity contribution in [3.63, 3.8) is 0 Å². The van der Waals surface area contributed by atoms with Gasteiger partial charge in [-0.2, -0.15) is 0 Å². The Morgan fingerprint density at radius 3 is 2.39 bits per heavy atom. The van der Waals surface area contributed by atoms with E-state index in [0.29, 0.717) is 24.6 Å². The van der Waals surface area contributed by atoms with E-state index >= 15 is 0 Å². The summed E-state index contributed by atoms with van der Waals surface area (Å²) < 4.78 is 0. The fourth-order valence-corrected chi connectivity index (χ4v) is 5.28. The van der Waals surface area contributed by atoms with Gasteiger partial charge in [-0.1, -0.05) is 26.7 Å². The number of hydrogen-bond acceptors (Lipinski definition) is 5. The maximum absolute atomic E-state index is 12.9. The van der Waals surface area contributed by atoms with Crippen molar-refractivity contribution in [3.8, 4) is 0 Å². The summed E-state index contributed by atoms with van der Waals surface area (Å²) in [5.74, 6) is -0.725. The summed E-state index contributed by atoms with van der Waals surface area (Å²) in [5.41, 5.74) is 2.81. The molecular formula is C24H34N4O3. The first-order valence-corrected chi connectivity index (χ1v) is 11.8. The highest BCUT2D eigenvalue weighted by Crippen LogP contribution is 2.31. The van der Waals surface area contributed by atoms with E-state index in [-0.39, 0.29) is 24.1 Å². The van der Waals surface area contributed by atoms with Crippen molar-refractivity contribution >= 4 is 23.4 Å². The second-order valence-electron chi connectivity index (χ2n) is 9.00. The number of piperidine rings is 1. The van der Waals surface area contributed by atoms with E-state index in [1.807, 2.05) is 12.1 Å². The molecule has 1 aromatic carbocycles. The van der Waals surface area contributed by atoms with Crippen LogP contribution in [0, 0.1) is 0 Å². The molecule has 0 saturated carbocycles. The number of imide groups is 1. The molecule has 7 heteroatoms. The first-order valence-electron chi connectivity index (χ1n) is 11.8. The van der Waals surface area contributed by atoms with Gasteiger partial charge in [-0.3, -0.25) is 24.6 Å². The molecule has 0 radical (unpaired) electrons. The van der Waals surface area contributed by atoms with Gasteiger partial charge in [0.1, 0.15) is 6.04 Å². The quantitative estimate of drug-likeness (QED) is 0.679. The van der Waals surface area contributed by atoms with Crippen LogP contribution in [0.3, 0.4) is 0 Å². The summed E-state index contributed by atoms with van der Waals surface area (Å²) in [6.07, 6.45) is 5.68. The summed E-state index contributed by atoms with van der Waals surface area (Å²) in [5, 5.41) is 2.36. The van der Waals surface area contributed by atoms with Crippen molar-refractivity contribution in [2.24, 2.45) is 0 Å². The Morgan fingerprint density at radius 2 is 1.74 bits per heavy atom. The summed E-state index contributed by atoms with van der Waals surface area (Å²) in [6, 6.07) is 6.19. The van der Waals surface area contributed by atoms with Crippen LogP contribution in [0.1, 0.15) is 68.3 Å². The zero-order valence-corrected chi connectivity index (χ0v) is 18.7. The van der Waals surface area contributed by atoms with Crippen LogP contribution < -0.4 is 10.2 Å². The van der Waals surface area contributed by atoms with Crippen molar-refractivity contribution < 1.29 is 14.4 Å². The Hall–Kier alpha value is -2.41. The Balaban J connectivity index is 1.41. The Morgan fingerprint density at radius 1 is 1.03 bits per heavy atom. The van der Waals surface area contributed by atoms with Gasteiger partial charge in [0.15, 0.2) is 0 Å². The highest BCUT2D eigenvalue weighted by molar-refractivity contribution is 6.05. The molecule has 0 bridgehead atoms. The number of piperazine rings is 1. The molecule has 7 nitrogen and oxygen atoms in total. The monoisotopic (exact) mass is 426 g/mol. The average Bonchev–Trinajstić information content (AvgIpc) is 3.09. The highest BCUT2D eigenvalue weighted by atomic mass is 16.2. The van der Waals surface area contributed by atoms with Crippen LogP contribution in [0.2, 0.25) is 0 Å². The molecule has 3 aliphatic rings. The van der Waals surface area contributed by atoms with Crippen molar-refractivity contribution in [2.45, 2.75) is 71.0 Å². The van der Waals surface area contributed by atoms with Gasteiger partial charge >= 0.3 is 0 Å². The zero-order valence-electron chi connectivity index (χ0n) is 18.7.